The van der Waals surface area contributed by atoms with E-state index < -0.39 is 0 Å². The van der Waals surface area contributed by atoms with Crippen molar-refractivity contribution in [3.05, 3.63) is 16.5 Å². The van der Waals surface area contributed by atoms with Crippen LogP contribution in [0.2, 0.25) is 5.15 Å². The van der Waals surface area contributed by atoms with E-state index >= 15 is 0 Å². The predicted molar refractivity (Wildman–Crippen MR) is 79.7 cm³/mol. The second kappa shape index (κ2) is 6.24. The van der Waals surface area contributed by atoms with E-state index in [0.29, 0.717) is 5.15 Å². The van der Waals surface area contributed by atoms with Crippen molar-refractivity contribution in [3.63, 3.8) is 0 Å². The molecule has 2 heterocycles. The van der Waals surface area contributed by atoms with Crippen LogP contribution in [-0.2, 0) is 9.47 Å². The van der Waals surface area contributed by atoms with Gasteiger partial charge in [-0.1, -0.05) is 25.4 Å². The Balaban J connectivity index is 2.33. The minimum Gasteiger partial charge on any atom is -0.377 e. The molecule has 112 valence electrons. The van der Waals surface area contributed by atoms with Gasteiger partial charge < -0.3 is 14.4 Å². The number of anilines is 1. The number of rotatable bonds is 4. The Kier molecular flexibility index (Phi) is 4.83. The smallest absolute Gasteiger partial charge is 0.137 e. The highest BCUT2D eigenvalue weighted by Gasteiger charge is 2.34. The Labute approximate surface area is 125 Å². The normalized spacial score (nSPS) is 22.9. The van der Waals surface area contributed by atoms with Gasteiger partial charge in [-0.05, 0) is 6.92 Å². The van der Waals surface area contributed by atoms with Crippen LogP contribution in [0.3, 0.4) is 0 Å². The van der Waals surface area contributed by atoms with Gasteiger partial charge in [0.05, 0.1) is 0 Å². The highest BCUT2D eigenvalue weighted by Crippen LogP contribution is 2.29. The van der Waals surface area contributed by atoms with Crippen LogP contribution in [-0.4, -0.2) is 49.5 Å². The van der Waals surface area contributed by atoms with E-state index in [1.165, 1.54) is 0 Å². The molecule has 1 aliphatic heterocycles. The van der Waals surface area contributed by atoms with E-state index in [0.717, 1.165) is 30.3 Å². The molecule has 2 rings (SSSR count). The van der Waals surface area contributed by atoms with Gasteiger partial charge >= 0.3 is 0 Å². The van der Waals surface area contributed by atoms with Gasteiger partial charge in [-0.3, -0.25) is 0 Å². The lowest BCUT2D eigenvalue weighted by Gasteiger charge is -2.21. The highest BCUT2D eigenvalue weighted by molar-refractivity contribution is 6.30. The minimum absolute atomic E-state index is 0.0515. The molecule has 1 saturated heterocycles. The van der Waals surface area contributed by atoms with E-state index in [2.05, 4.69) is 28.7 Å². The summed E-state index contributed by atoms with van der Waals surface area (Å²) in [6.07, 6.45) is 0.103. The number of ether oxygens (including phenoxy) is 2. The summed E-state index contributed by atoms with van der Waals surface area (Å²) in [5.74, 6) is 1.90. The second-order valence-electron chi connectivity index (χ2n) is 5.43. The van der Waals surface area contributed by atoms with Gasteiger partial charge in [-0.2, -0.15) is 0 Å². The van der Waals surface area contributed by atoms with Crippen molar-refractivity contribution in [2.75, 3.05) is 32.2 Å². The summed E-state index contributed by atoms with van der Waals surface area (Å²) in [7, 11) is 3.42. The molecule has 0 spiro atoms. The molecule has 2 atom stereocenters. The van der Waals surface area contributed by atoms with Gasteiger partial charge in [0.25, 0.3) is 0 Å². The Morgan fingerprint density at radius 3 is 2.15 bits per heavy atom. The number of aromatic nitrogens is 2. The maximum Gasteiger partial charge on any atom is 0.137 e. The number of nitrogens with zero attached hydrogens (tertiary/aromatic N) is 3. The molecule has 1 aromatic rings. The molecule has 0 N–H and O–H groups in total. The molecule has 20 heavy (non-hydrogen) atoms. The Hall–Kier alpha value is -0.910. The SMILES string of the molecule is COC1CN(c2nc(C(C)C)nc(Cl)c2C)CC1OC. The summed E-state index contributed by atoms with van der Waals surface area (Å²) in [4.78, 5) is 11.2. The molecule has 0 bridgehead atoms. The van der Waals surface area contributed by atoms with E-state index in [4.69, 9.17) is 21.1 Å². The van der Waals surface area contributed by atoms with Crippen molar-refractivity contribution in [1.29, 1.82) is 0 Å². The third kappa shape index (κ3) is 2.90. The van der Waals surface area contributed by atoms with E-state index in [9.17, 15) is 0 Å². The first-order chi connectivity index (χ1) is 9.47. The fourth-order valence-electron chi connectivity index (χ4n) is 2.43. The van der Waals surface area contributed by atoms with E-state index in [1.54, 1.807) is 14.2 Å². The lowest BCUT2D eigenvalue weighted by atomic mass is 10.2. The fourth-order valence-corrected chi connectivity index (χ4v) is 2.60. The molecular weight excluding hydrogens is 278 g/mol. The van der Waals surface area contributed by atoms with Crippen molar-refractivity contribution < 1.29 is 9.47 Å². The molecule has 0 amide bonds. The standard InChI is InChI=1S/C14H22ClN3O2/c1-8(2)13-16-12(15)9(3)14(17-13)18-6-10(19-4)11(7-18)20-5/h8,10-11H,6-7H2,1-5H3. The zero-order valence-corrected chi connectivity index (χ0v) is 13.4. The fraction of sp³-hybridized carbons (Fsp3) is 0.714. The average Bonchev–Trinajstić information content (AvgIpc) is 2.84. The third-order valence-electron chi connectivity index (χ3n) is 3.71. The Morgan fingerprint density at radius 1 is 1.15 bits per heavy atom. The first-order valence-corrected chi connectivity index (χ1v) is 7.20. The van der Waals surface area contributed by atoms with E-state index in [1.807, 2.05) is 6.92 Å². The van der Waals surface area contributed by atoms with Gasteiger partial charge in [-0.25, -0.2) is 9.97 Å². The lowest BCUT2D eigenvalue weighted by molar-refractivity contribution is -0.00461. The topological polar surface area (TPSA) is 47.5 Å². The molecule has 0 saturated carbocycles. The number of hydrogen-bond donors (Lipinski definition) is 0. The molecule has 1 fully saturated rings. The molecule has 1 aromatic heterocycles. The molecular formula is C14H22ClN3O2. The number of methoxy groups -OCH3 is 2. The lowest BCUT2D eigenvalue weighted by Crippen LogP contribution is -2.27. The average molecular weight is 300 g/mol. The molecule has 0 aromatic carbocycles. The van der Waals surface area contributed by atoms with Crippen LogP contribution in [0.5, 0.6) is 0 Å². The molecule has 2 unspecified atom stereocenters. The highest BCUT2D eigenvalue weighted by atomic mass is 35.5. The molecule has 0 aliphatic carbocycles. The number of halogens is 1. The summed E-state index contributed by atoms with van der Waals surface area (Å²) in [5, 5.41) is 0.522. The third-order valence-corrected chi connectivity index (χ3v) is 4.08. The van der Waals surface area contributed by atoms with Crippen molar-refractivity contribution in [3.8, 4) is 0 Å². The molecule has 6 heteroatoms. The Bertz CT molecular complexity index is 470. The van der Waals surface area contributed by atoms with Crippen LogP contribution < -0.4 is 4.90 Å². The summed E-state index contributed by atoms with van der Waals surface area (Å²) in [6.45, 7) is 7.57. The van der Waals surface area contributed by atoms with Crippen LogP contribution in [0.25, 0.3) is 0 Å². The summed E-state index contributed by atoms with van der Waals surface area (Å²) < 4.78 is 10.9. The van der Waals surface area contributed by atoms with Crippen LogP contribution in [0.1, 0.15) is 31.2 Å². The number of hydrogen-bond acceptors (Lipinski definition) is 5. The van der Waals surface area contributed by atoms with Gasteiger partial charge in [-0.15, -0.1) is 0 Å². The predicted octanol–water partition coefficient (Wildman–Crippen LogP) is 2.41. The summed E-state index contributed by atoms with van der Waals surface area (Å²) >= 11 is 6.24. The summed E-state index contributed by atoms with van der Waals surface area (Å²) in [6, 6.07) is 0. The van der Waals surface area contributed by atoms with Gasteiger partial charge in [0, 0.05) is 38.8 Å². The van der Waals surface area contributed by atoms with Gasteiger partial charge in [0.2, 0.25) is 0 Å². The van der Waals surface area contributed by atoms with Crippen molar-refractivity contribution >= 4 is 17.4 Å². The maximum absolute atomic E-state index is 6.24. The van der Waals surface area contributed by atoms with Gasteiger partial charge in [0.1, 0.15) is 29.0 Å². The monoisotopic (exact) mass is 299 g/mol. The molecule has 5 nitrogen and oxygen atoms in total. The summed E-state index contributed by atoms with van der Waals surface area (Å²) in [5.41, 5.74) is 0.905. The second-order valence-corrected chi connectivity index (χ2v) is 5.79. The van der Waals surface area contributed by atoms with E-state index in [-0.39, 0.29) is 18.1 Å². The quantitative estimate of drug-likeness (QED) is 0.799. The van der Waals surface area contributed by atoms with Crippen LogP contribution >= 0.6 is 11.6 Å². The zero-order valence-electron chi connectivity index (χ0n) is 12.7. The van der Waals surface area contributed by atoms with Crippen LogP contribution in [0.4, 0.5) is 5.82 Å². The maximum atomic E-state index is 6.24. The first kappa shape index (κ1) is 15.5. The largest absolute Gasteiger partial charge is 0.377 e. The van der Waals surface area contributed by atoms with Crippen LogP contribution in [0.15, 0.2) is 0 Å². The van der Waals surface area contributed by atoms with Crippen LogP contribution in [0, 0.1) is 6.92 Å². The Morgan fingerprint density at radius 2 is 1.70 bits per heavy atom. The minimum atomic E-state index is 0.0515. The molecule has 1 aliphatic rings. The van der Waals surface area contributed by atoms with Crippen molar-refractivity contribution in [2.24, 2.45) is 0 Å². The molecule has 0 radical (unpaired) electrons. The van der Waals surface area contributed by atoms with Crippen molar-refractivity contribution in [1.82, 2.24) is 9.97 Å². The zero-order chi connectivity index (χ0) is 14.9. The first-order valence-electron chi connectivity index (χ1n) is 6.82. The van der Waals surface area contributed by atoms with Crippen molar-refractivity contribution in [2.45, 2.75) is 38.9 Å². The van der Waals surface area contributed by atoms with Gasteiger partial charge in [0.15, 0.2) is 0 Å².